The van der Waals surface area contributed by atoms with Crippen LogP contribution >= 0.6 is 0 Å². The van der Waals surface area contributed by atoms with E-state index < -0.39 is 23.3 Å². The zero-order valence-electron chi connectivity index (χ0n) is 25.4. The second-order valence-electron chi connectivity index (χ2n) is 11.9. The molecule has 2 aliphatic heterocycles. The molecule has 7 rings (SSSR count). The summed E-state index contributed by atoms with van der Waals surface area (Å²) >= 11 is 0. The van der Waals surface area contributed by atoms with Gasteiger partial charge in [-0.2, -0.15) is 28.2 Å². The van der Waals surface area contributed by atoms with Gasteiger partial charge < -0.3 is 21.1 Å². The van der Waals surface area contributed by atoms with E-state index in [0.29, 0.717) is 35.6 Å². The fraction of sp³-hybridized carbons (Fsp3) is 0.387. The highest BCUT2D eigenvalue weighted by Crippen LogP contribution is 2.46. The minimum Gasteiger partial charge on any atom is -0.459 e. The first-order valence-corrected chi connectivity index (χ1v) is 15.0. The van der Waals surface area contributed by atoms with Crippen LogP contribution in [0.4, 0.5) is 35.0 Å². The fourth-order valence-corrected chi connectivity index (χ4v) is 6.83. The van der Waals surface area contributed by atoms with Crippen LogP contribution in [0.1, 0.15) is 36.5 Å². The number of pyridine rings is 2. The van der Waals surface area contributed by atoms with Crippen LogP contribution in [0.25, 0.3) is 33.1 Å². The molecule has 5 aromatic rings. The Hall–Kier alpha value is -4.79. The molecule has 2 atom stereocenters. The Morgan fingerprint density at radius 2 is 1.93 bits per heavy atom. The summed E-state index contributed by atoms with van der Waals surface area (Å²) in [6, 6.07) is 4.72. The maximum Gasteiger partial charge on any atom is 0.418 e. The van der Waals surface area contributed by atoms with Gasteiger partial charge in [0, 0.05) is 41.8 Å². The van der Waals surface area contributed by atoms with Crippen LogP contribution in [0.3, 0.4) is 0 Å². The molecule has 4 N–H and O–H groups in total. The predicted octanol–water partition coefficient (Wildman–Crippen LogP) is 4.95. The number of nitrogens with two attached hydrogens (primary N) is 2. The number of nitrogen functional groups attached to an aromatic ring is 2. The summed E-state index contributed by atoms with van der Waals surface area (Å²) in [6.45, 7) is 5.04. The number of nitrogens with zero attached hydrogens (tertiary/aromatic N) is 8. The molecule has 0 unspecified atom stereocenters. The highest BCUT2D eigenvalue weighted by Gasteiger charge is 2.39. The van der Waals surface area contributed by atoms with Gasteiger partial charge in [0.15, 0.2) is 5.82 Å². The lowest BCUT2D eigenvalue weighted by molar-refractivity contribution is -0.137. The average molecular weight is 637 g/mol. The van der Waals surface area contributed by atoms with E-state index in [-0.39, 0.29) is 52.5 Å². The first kappa shape index (κ1) is 29.9. The van der Waals surface area contributed by atoms with Crippen LogP contribution in [-0.4, -0.2) is 66.9 Å². The lowest BCUT2D eigenvalue weighted by Crippen LogP contribution is -2.38. The summed E-state index contributed by atoms with van der Waals surface area (Å²) in [6.07, 6.45) is -0.333. The number of aryl methyl sites for hydroxylation is 1. The number of aromatic nitrogens is 6. The Kier molecular flexibility index (Phi) is 7.10. The zero-order chi connectivity index (χ0) is 32.5. The number of ether oxygens (including phenoxy) is 1. The number of hydrogen-bond donors (Lipinski definition) is 2. The Morgan fingerprint density at radius 3 is 2.65 bits per heavy atom. The third-order valence-corrected chi connectivity index (χ3v) is 8.98. The van der Waals surface area contributed by atoms with Crippen molar-refractivity contribution in [3.63, 3.8) is 0 Å². The second kappa shape index (κ2) is 10.9. The molecule has 1 fully saturated rings. The SMILES string of the molecule is Cc1cc(N)nc(-c2c(F)c3nc(O[C@@H](C)[C@@H]4CCCN4C)nc4c3c3c2cnn3CCN4Cc2cccnc2N)c1C(F)(F)F. The smallest absolute Gasteiger partial charge is 0.418 e. The third kappa shape index (κ3) is 4.89. The summed E-state index contributed by atoms with van der Waals surface area (Å²) in [7, 11) is 2.01. The summed E-state index contributed by atoms with van der Waals surface area (Å²) in [5.74, 6) is -0.504. The minimum atomic E-state index is -4.84. The largest absolute Gasteiger partial charge is 0.459 e. The molecule has 46 heavy (non-hydrogen) atoms. The Morgan fingerprint density at radius 1 is 1.13 bits per heavy atom. The molecule has 0 radical (unpaired) electrons. The number of anilines is 3. The molecule has 1 aromatic carbocycles. The average Bonchev–Trinajstić information content (AvgIpc) is 3.57. The van der Waals surface area contributed by atoms with Gasteiger partial charge in [-0.15, -0.1) is 0 Å². The van der Waals surface area contributed by atoms with Crippen molar-refractivity contribution in [3.05, 3.63) is 53.1 Å². The third-order valence-electron chi connectivity index (χ3n) is 8.98. The topological polar surface area (TPSA) is 137 Å². The molecule has 6 heterocycles. The van der Waals surface area contributed by atoms with Crippen LogP contribution in [0.15, 0.2) is 30.6 Å². The summed E-state index contributed by atoms with van der Waals surface area (Å²) in [5.41, 5.74) is 10.7. The Bertz CT molecular complexity index is 1990. The summed E-state index contributed by atoms with van der Waals surface area (Å²) in [4.78, 5) is 21.7. The van der Waals surface area contributed by atoms with Crippen molar-refractivity contribution < 1.29 is 22.3 Å². The minimum absolute atomic E-state index is 0.0860. The van der Waals surface area contributed by atoms with Crippen LogP contribution in [-0.2, 0) is 19.3 Å². The van der Waals surface area contributed by atoms with Crippen molar-refractivity contribution in [1.29, 1.82) is 0 Å². The van der Waals surface area contributed by atoms with Gasteiger partial charge in [0.05, 0.1) is 34.9 Å². The molecule has 0 bridgehead atoms. The maximum absolute atomic E-state index is 17.1. The summed E-state index contributed by atoms with van der Waals surface area (Å²) in [5, 5.41) is 4.90. The highest BCUT2D eigenvalue weighted by molar-refractivity contribution is 6.15. The number of rotatable bonds is 6. The molecule has 0 aliphatic carbocycles. The van der Waals surface area contributed by atoms with Crippen molar-refractivity contribution in [3.8, 4) is 17.3 Å². The van der Waals surface area contributed by atoms with Gasteiger partial charge in [0.2, 0.25) is 0 Å². The van der Waals surface area contributed by atoms with Gasteiger partial charge in [-0.05, 0) is 58.0 Å². The number of alkyl halides is 3. The quantitative estimate of drug-likeness (QED) is 0.246. The van der Waals surface area contributed by atoms with E-state index in [0.717, 1.165) is 31.0 Å². The highest BCUT2D eigenvalue weighted by atomic mass is 19.4. The number of benzene rings is 1. The molecule has 4 aromatic heterocycles. The number of hydrogen-bond acceptors (Lipinski definition) is 10. The fourth-order valence-electron chi connectivity index (χ4n) is 6.83. The lowest BCUT2D eigenvalue weighted by Gasteiger charge is -2.27. The predicted molar refractivity (Wildman–Crippen MR) is 166 cm³/mol. The second-order valence-corrected chi connectivity index (χ2v) is 11.9. The molecule has 0 spiro atoms. The Labute approximate surface area is 261 Å². The van der Waals surface area contributed by atoms with E-state index in [1.807, 2.05) is 24.9 Å². The van der Waals surface area contributed by atoms with Gasteiger partial charge in [0.1, 0.15) is 29.1 Å². The monoisotopic (exact) mass is 636 g/mol. The van der Waals surface area contributed by atoms with Crippen LogP contribution < -0.4 is 21.1 Å². The zero-order valence-corrected chi connectivity index (χ0v) is 25.4. The van der Waals surface area contributed by atoms with Crippen LogP contribution in [0.2, 0.25) is 0 Å². The van der Waals surface area contributed by atoms with E-state index in [1.54, 1.807) is 16.9 Å². The van der Waals surface area contributed by atoms with E-state index in [9.17, 15) is 13.2 Å². The molecule has 2 aliphatic rings. The van der Waals surface area contributed by atoms with Crippen LogP contribution in [0, 0.1) is 12.7 Å². The van der Waals surface area contributed by atoms with E-state index in [2.05, 4.69) is 25.0 Å². The van der Waals surface area contributed by atoms with Gasteiger partial charge in [-0.3, -0.25) is 9.58 Å². The molecule has 0 amide bonds. The van der Waals surface area contributed by atoms with Crippen molar-refractivity contribution in [2.24, 2.45) is 0 Å². The number of halogens is 4. The van der Waals surface area contributed by atoms with Crippen molar-refractivity contribution in [2.75, 3.05) is 36.5 Å². The molecular formula is C31H32F4N10O. The number of likely N-dealkylation sites (tertiary alicyclic amines) is 1. The van der Waals surface area contributed by atoms with E-state index in [4.69, 9.17) is 21.2 Å². The summed E-state index contributed by atoms with van der Waals surface area (Å²) < 4.78 is 68.5. The normalized spacial score (nSPS) is 17.7. The van der Waals surface area contributed by atoms with E-state index >= 15 is 4.39 Å². The van der Waals surface area contributed by atoms with Gasteiger partial charge in [-0.25, -0.2) is 14.4 Å². The molecule has 11 nitrogen and oxygen atoms in total. The van der Waals surface area contributed by atoms with Gasteiger partial charge in [-0.1, -0.05) is 6.07 Å². The van der Waals surface area contributed by atoms with Crippen molar-refractivity contribution in [1.82, 2.24) is 34.6 Å². The van der Waals surface area contributed by atoms with Crippen LogP contribution in [0.5, 0.6) is 6.01 Å². The standard InChI is InChI=1S/C31H32F4N10O/c1-15-12-20(36)40-25(23(15)31(33,34)35)21-18-13-39-45-11-10-44(14-17-6-4-8-38-28(17)37)29-22(27(18)45)26(24(21)32)41-30(42-29)46-16(2)19-7-5-9-43(19)3/h4,6,8,12-13,16,19H,5,7,9-11,14H2,1-3H3,(H2,36,40)(H2,37,38)/t16-,19-/m0/s1. The first-order valence-electron chi connectivity index (χ1n) is 15.0. The molecule has 0 saturated carbocycles. The first-order chi connectivity index (χ1) is 21.9. The molecular weight excluding hydrogens is 604 g/mol. The molecule has 240 valence electrons. The molecule has 1 saturated heterocycles. The van der Waals surface area contributed by atoms with Crippen molar-refractivity contribution >= 4 is 39.3 Å². The lowest BCUT2D eigenvalue weighted by atomic mass is 9.96. The number of likely N-dealkylation sites (N-methyl/N-ethyl adjacent to an activating group) is 1. The van der Waals surface area contributed by atoms with Gasteiger partial charge in [0.25, 0.3) is 0 Å². The van der Waals surface area contributed by atoms with Crippen molar-refractivity contribution in [2.45, 2.75) is 58.1 Å². The maximum atomic E-state index is 17.1. The van der Waals surface area contributed by atoms with Gasteiger partial charge >= 0.3 is 12.2 Å². The Balaban J connectivity index is 1.51. The molecule has 15 heteroatoms. The van der Waals surface area contributed by atoms with E-state index in [1.165, 1.54) is 13.1 Å².